The largest absolute Gasteiger partial charge is 0.339 e. The van der Waals surface area contributed by atoms with Crippen molar-refractivity contribution >= 4 is 5.91 Å². The predicted octanol–water partition coefficient (Wildman–Crippen LogP) is 2.25. The molecule has 0 aliphatic carbocycles. The van der Waals surface area contributed by atoms with Gasteiger partial charge in [0.25, 0.3) is 5.91 Å². The van der Waals surface area contributed by atoms with Gasteiger partial charge in [-0.05, 0) is 31.0 Å². The van der Waals surface area contributed by atoms with Crippen LogP contribution >= 0.6 is 0 Å². The van der Waals surface area contributed by atoms with E-state index in [0.29, 0.717) is 11.5 Å². The molecule has 1 aromatic rings. The molecule has 20 heavy (non-hydrogen) atoms. The highest BCUT2D eigenvalue weighted by molar-refractivity contribution is 5.94. The van der Waals surface area contributed by atoms with E-state index in [1.54, 1.807) is 18.0 Å². The van der Waals surface area contributed by atoms with Crippen LogP contribution in [0, 0.1) is 23.6 Å². The van der Waals surface area contributed by atoms with Crippen LogP contribution in [0.15, 0.2) is 18.2 Å². The second-order valence-corrected chi connectivity index (χ2v) is 5.10. The number of hydrogen-bond acceptors (Lipinski definition) is 2. The number of nitrogens with zero attached hydrogens (tertiary/aromatic N) is 1. The lowest BCUT2D eigenvalue weighted by Gasteiger charge is -2.28. The highest BCUT2D eigenvalue weighted by Gasteiger charge is 2.22. The summed E-state index contributed by atoms with van der Waals surface area (Å²) in [7, 11) is 1.69. The molecule has 0 bridgehead atoms. The van der Waals surface area contributed by atoms with E-state index in [4.69, 9.17) is 5.73 Å². The normalized spacial score (nSPS) is 11.8. The van der Waals surface area contributed by atoms with Gasteiger partial charge in [0.2, 0.25) is 0 Å². The van der Waals surface area contributed by atoms with Gasteiger partial charge < -0.3 is 10.6 Å². The molecule has 0 saturated carbocycles. The van der Waals surface area contributed by atoms with E-state index in [2.05, 4.69) is 11.8 Å². The van der Waals surface area contributed by atoms with Gasteiger partial charge in [0.15, 0.2) is 0 Å². The Bertz CT molecular complexity index is 543. The minimum absolute atomic E-state index is 0.0404. The molecule has 1 aromatic carbocycles. The Kier molecular flexibility index (Phi) is 5.72. The lowest BCUT2D eigenvalue weighted by molar-refractivity contribution is 0.0702. The summed E-state index contributed by atoms with van der Waals surface area (Å²) >= 11 is 0. The van der Waals surface area contributed by atoms with Crippen LogP contribution in [0.5, 0.6) is 0 Å². The number of carbonyl (C=O) groups is 1. The van der Waals surface area contributed by atoms with E-state index in [1.165, 1.54) is 12.1 Å². The zero-order valence-corrected chi connectivity index (χ0v) is 12.4. The standard InChI is InChI=1S/C16H21FN2O/c1-11(2)12(3)19(4)16(20)14-8-7-13(6-5-9-18)10-15(14)17/h7-8,10-12H,9,18H2,1-4H3. The third-order valence-corrected chi connectivity index (χ3v) is 3.43. The van der Waals surface area contributed by atoms with Gasteiger partial charge in [-0.3, -0.25) is 4.79 Å². The molecular formula is C16H21FN2O. The van der Waals surface area contributed by atoms with Crippen molar-refractivity contribution in [3.63, 3.8) is 0 Å². The second-order valence-electron chi connectivity index (χ2n) is 5.10. The number of carbonyl (C=O) groups excluding carboxylic acids is 1. The maximum atomic E-state index is 14.0. The van der Waals surface area contributed by atoms with Crippen LogP contribution in [0.25, 0.3) is 0 Å². The number of rotatable bonds is 3. The van der Waals surface area contributed by atoms with Crippen LogP contribution in [0.4, 0.5) is 4.39 Å². The van der Waals surface area contributed by atoms with Crippen molar-refractivity contribution in [2.45, 2.75) is 26.8 Å². The zero-order valence-electron chi connectivity index (χ0n) is 12.4. The lowest BCUT2D eigenvalue weighted by atomic mass is 10.0. The van der Waals surface area contributed by atoms with Gasteiger partial charge >= 0.3 is 0 Å². The van der Waals surface area contributed by atoms with Crippen molar-refractivity contribution in [1.29, 1.82) is 0 Å². The van der Waals surface area contributed by atoms with E-state index < -0.39 is 5.82 Å². The number of benzene rings is 1. The second kappa shape index (κ2) is 7.06. The van der Waals surface area contributed by atoms with Gasteiger partial charge in [-0.15, -0.1) is 0 Å². The van der Waals surface area contributed by atoms with E-state index in [9.17, 15) is 9.18 Å². The molecule has 1 amide bonds. The van der Waals surface area contributed by atoms with Crippen LogP contribution in [0.2, 0.25) is 0 Å². The van der Waals surface area contributed by atoms with Crippen LogP contribution < -0.4 is 5.73 Å². The maximum Gasteiger partial charge on any atom is 0.256 e. The number of hydrogen-bond donors (Lipinski definition) is 1. The van der Waals surface area contributed by atoms with Gasteiger partial charge in [0.1, 0.15) is 5.82 Å². The summed E-state index contributed by atoms with van der Waals surface area (Å²) in [5, 5.41) is 0. The molecule has 2 N–H and O–H groups in total. The van der Waals surface area contributed by atoms with E-state index in [1.807, 2.05) is 20.8 Å². The van der Waals surface area contributed by atoms with Crippen molar-refractivity contribution in [2.75, 3.05) is 13.6 Å². The number of amides is 1. The third kappa shape index (κ3) is 3.82. The van der Waals surface area contributed by atoms with Crippen molar-refractivity contribution < 1.29 is 9.18 Å². The molecule has 0 saturated heterocycles. The molecule has 3 nitrogen and oxygen atoms in total. The molecule has 4 heteroatoms. The molecule has 0 fully saturated rings. The SMILES string of the molecule is CC(C)C(C)N(C)C(=O)c1ccc(C#CCN)cc1F. The first kappa shape index (κ1) is 16.2. The molecule has 0 aliphatic heterocycles. The van der Waals surface area contributed by atoms with E-state index in [-0.39, 0.29) is 24.1 Å². The Morgan fingerprint density at radius 2 is 2.05 bits per heavy atom. The smallest absolute Gasteiger partial charge is 0.256 e. The Morgan fingerprint density at radius 3 is 2.55 bits per heavy atom. The molecule has 0 aromatic heterocycles. The first-order valence-corrected chi connectivity index (χ1v) is 6.64. The molecule has 0 aliphatic rings. The molecule has 108 valence electrons. The molecule has 0 radical (unpaired) electrons. The first-order valence-electron chi connectivity index (χ1n) is 6.64. The summed E-state index contributed by atoms with van der Waals surface area (Å²) in [5.41, 5.74) is 5.85. The molecule has 1 atom stereocenters. The van der Waals surface area contributed by atoms with Crippen molar-refractivity contribution in [3.05, 3.63) is 35.1 Å². The monoisotopic (exact) mass is 276 g/mol. The minimum atomic E-state index is -0.554. The average molecular weight is 276 g/mol. The van der Waals surface area contributed by atoms with E-state index >= 15 is 0 Å². The molecule has 0 heterocycles. The summed E-state index contributed by atoms with van der Waals surface area (Å²) in [6, 6.07) is 4.41. The number of nitrogens with two attached hydrogens (primary N) is 1. The minimum Gasteiger partial charge on any atom is -0.339 e. The highest BCUT2D eigenvalue weighted by atomic mass is 19.1. The highest BCUT2D eigenvalue weighted by Crippen LogP contribution is 2.16. The van der Waals surface area contributed by atoms with Crippen LogP contribution in [-0.4, -0.2) is 30.4 Å². The first-order chi connectivity index (χ1) is 9.38. The maximum absolute atomic E-state index is 14.0. The third-order valence-electron chi connectivity index (χ3n) is 3.43. The van der Waals surface area contributed by atoms with Gasteiger partial charge in [0, 0.05) is 18.7 Å². The fourth-order valence-corrected chi connectivity index (χ4v) is 1.74. The summed E-state index contributed by atoms with van der Waals surface area (Å²) in [6.07, 6.45) is 0. The van der Waals surface area contributed by atoms with Gasteiger partial charge in [0.05, 0.1) is 12.1 Å². The van der Waals surface area contributed by atoms with Gasteiger partial charge in [-0.2, -0.15) is 0 Å². The Hall–Kier alpha value is -1.86. The fourth-order valence-electron chi connectivity index (χ4n) is 1.74. The van der Waals surface area contributed by atoms with Gasteiger partial charge in [-0.25, -0.2) is 4.39 Å². The average Bonchev–Trinajstić information content (AvgIpc) is 2.42. The fraction of sp³-hybridized carbons (Fsp3) is 0.438. The number of halogens is 1. The summed E-state index contributed by atoms with van der Waals surface area (Å²) in [4.78, 5) is 13.8. The van der Waals surface area contributed by atoms with Gasteiger partial charge in [-0.1, -0.05) is 25.7 Å². The zero-order chi connectivity index (χ0) is 15.3. The summed E-state index contributed by atoms with van der Waals surface area (Å²) < 4.78 is 14.0. The van der Waals surface area contributed by atoms with Crippen molar-refractivity contribution in [3.8, 4) is 11.8 Å². The lowest BCUT2D eigenvalue weighted by Crippen LogP contribution is -2.38. The predicted molar refractivity (Wildman–Crippen MR) is 78.7 cm³/mol. The Balaban J connectivity index is 3.00. The molecule has 1 rings (SSSR count). The van der Waals surface area contributed by atoms with Crippen molar-refractivity contribution in [2.24, 2.45) is 11.7 Å². The van der Waals surface area contributed by atoms with Crippen LogP contribution in [0.1, 0.15) is 36.7 Å². The quantitative estimate of drug-likeness (QED) is 0.861. The van der Waals surface area contributed by atoms with Crippen molar-refractivity contribution in [1.82, 2.24) is 4.90 Å². The topological polar surface area (TPSA) is 46.3 Å². The summed E-state index contributed by atoms with van der Waals surface area (Å²) in [5.74, 6) is 4.83. The molecule has 1 unspecified atom stereocenters. The van der Waals surface area contributed by atoms with E-state index in [0.717, 1.165) is 0 Å². The van der Waals surface area contributed by atoms with Crippen LogP contribution in [-0.2, 0) is 0 Å². The summed E-state index contributed by atoms with van der Waals surface area (Å²) in [6.45, 7) is 6.21. The molecule has 0 spiro atoms. The Morgan fingerprint density at radius 1 is 1.40 bits per heavy atom. The Labute approximate surface area is 120 Å². The van der Waals surface area contributed by atoms with Crippen LogP contribution in [0.3, 0.4) is 0 Å². The molecular weight excluding hydrogens is 255 g/mol.